The van der Waals surface area contributed by atoms with Crippen molar-refractivity contribution in [2.45, 2.75) is 38.3 Å². The quantitative estimate of drug-likeness (QED) is 0.369. The summed E-state index contributed by atoms with van der Waals surface area (Å²) in [6, 6.07) is -0.279. The summed E-state index contributed by atoms with van der Waals surface area (Å²) in [7, 11) is -1.41. The van der Waals surface area contributed by atoms with E-state index in [2.05, 4.69) is 9.97 Å². The Morgan fingerprint density at radius 3 is 2.66 bits per heavy atom. The number of sulfone groups is 1. The summed E-state index contributed by atoms with van der Waals surface area (Å²) < 4.78 is 28.5. The second kappa shape index (κ2) is 8.57. The molecule has 0 N–H and O–H groups in total. The highest BCUT2D eigenvalue weighted by Crippen LogP contribution is 2.36. The molecule has 3 heterocycles. The maximum Gasteiger partial charge on any atom is 0.348 e. The third-order valence-corrected chi connectivity index (χ3v) is 8.69. The maximum absolute atomic E-state index is 12.6. The number of fused-ring (bicyclic) bond motifs is 1. The highest BCUT2D eigenvalue weighted by molar-refractivity contribution is 8.00. The highest BCUT2D eigenvalue weighted by Gasteiger charge is 2.32. The van der Waals surface area contributed by atoms with Crippen molar-refractivity contribution in [1.82, 2.24) is 14.9 Å². The normalized spacial score (nSPS) is 18.1. The molecule has 3 rings (SSSR count). The molecule has 29 heavy (non-hydrogen) atoms. The van der Waals surface area contributed by atoms with Gasteiger partial charge in [-0.1, -0.05) is 11.8 Å². The number of carbonyl (C=O) groups excluding carboxylic acids is 2. The number of rotatable bonds is 6. The molecular weight excluding hydrogens is 434 g/mol. The molecule has 1 saturated heterocycles. The van der Waals surface area contributed by atoms with Crippen molar-refractivity contribution in [3.05, 3.63) is 16.3 Å². The van der Waals surface area contributed by atoms with Gasteiger partial charge in [-0.25, -0.2) is 23.2 Å². The standard InChI is InChI=1S/C18H23N3O5S3/c1-5-26-18(23)15-10(2)14-16(19-11(3)20-17(14)28-15)27-8-13(22)21(4)12-6-7-29(24,25)9-12/h12H,5-9H2,1-4H3/t12-/m1/s1. The van der Waals surface area contributed by atoms with Crippen molar-refractivity contribution in [3.8, 4) is 0 Å². The van der Waals surface area contributed by atoms with Gasteiger partial charge in [0.2, 0.25) is 5.91 Å². The van der Waals surface area contributed by atoms with Gasteiger partial charge in [0.1, 0.15) is 20.6 Å². The van der Waals surface area contributed by atoms with Gasteiger partial charge < -0.3 is 9.64 Å². The van der Waals surface area contributed by atoms with E-state index in [0.717, 1.165) is 10.9 Å². The first-order chi connectivity index (χ1) is 13.6. The number of esters is 1. The van der Waals surface area contributed by atoms with Crippen LogP contribution in [-0.4, -0.2) is 72.1 Å². The van der Waals surface area contributed by atoms with E-state index in [4.69, 9.17) is 4.74 Å². The molecule has 1 aliphatic rings. The number of hydrogen-bond acceptors (Lipinski definition) is 9. The first-order valence-electron chi connectivity index (χ1n) is 9.16. The van der Waals surface area contributed by atoms with Crippen LogP contribution >= 0.6 is 23.1 Å². The van der Waals surface area contributed by atoms with Gasteiger partial charge in [0.15, 0.2) is 9.84 Å². The zero-order valence-corrected chi connectivity index (χ0v) is 19.2. The summed E-state index contributed by atoms with van der Waals surface area (Å²) in [6.45, 7) is 5.63. The number of ether oxygens (including phenoxy) is 1. The number of thioether (sulfide) groups is 1. The predicted molar refractivity (Wildman–Crippen MR) is 113 cm³/mol. The zero-order valence-electron chi connectivity index (χ0n) is 16.7. The molecule has 158 valence electrons. The van der Waals surface area contributed by atoms with Gasteiger partial charge in [-0.15, -0.1) is 11.3 Å². The second-order valence-electron chi connectivity index (χ2n) is 6.88. The Hall–Kier alpha value is -1.72. The van der Waals surface area contributed by atoms with Crippen LogP contribution in [0.15, 0.2) is 5.03 Å². The minimum Gasteiger partial charge on any atom is -0.462 e. The molecule has 11 heteroatoms. The van der Waals surface area contributed by atoms with Crippen LogP contribution in [0.25, 0.3) is 10.2 Å². The molecule has 0 radical (unpaired) electrons. The van der Waals surface area contributed by atoms with E-state index >= 15 is 0 Å². The number of hydrogen-bond donors (Lipinski definition) is 0. The van der Waals surface area contributed by atoms with E-state index in [9.17, 15) is 18.0 Å². The fourth-order valence-corrected chi connectivity index (χ4v) is 7.23. The number of aryl methyl sites for hydroxylation is 2. The van der Waals surface area contributed by atoms with Gasteiger partial charge in [0.25, 0.3) is 0 Å². The van der Waals surface area contributed by atoms with Gasteiger partial charge >= 0.3 is 5.97 Å². The van der Waals surface area contributed by atoms with E-state index in [1.54, 1.807) is 20.9 Å². The fourth-order valence-electron chi connectivity index (χ4n) is 3.22. The van der Waals surface area contributed by atoms with Gasteiger partial charge in [-0.05, 0) is 32.8 Å². The molecule has 2 aromatic rings. The van der Waals surface area contributed by atoms with Crippen molar-refractivity contribution in [1.29, 1.82) is 0 Å². The minimum absolute atomic E-state index is 0.0172. The van der Waals surface area contributed by atoms with Crippen LogP contribution in [0.4, 0.5) is 0 Å². The average Bonchev–Trinajstić information content (AvgIpc) is 3.18. The Bertz CT molecular complexity index is 1060. The molecule has 2 aromatic heterocycles. The van der Waals surface area contributed by atoms with Gasteiger partial charge in [-0.3, -0.25) is 4.79 Å². The molecular formula is C18H23N3O5S3. The van der Waals surface area contributed by atoms with Crippen molar-refractivity contribution in [3.63, 3.8) is 0 Å². The van der Waals surface area contributed by atoms with Crippen LogP contribution in [0, 0.1) is 13.8 Å². The fraction of sp³-hybridized carbons (Fsp3) is 0.556. The minimum atomic E-state index is -3.06. The Kier molecular flexibility index (Phi) is 6.49. The molecule has 0 unspecified atom stereocenters. The second-order valence-corrected chi connectivity index (χ2v) is 11.1. The Morgan fingerprint density at radius 1 is 1.31 bits per heavy atom. The van der Waals surface area contributed by atoms with E-state index in [1.165, 1.54) is 28.0 Å². The first kappa shape index (κ1) is 22.0. The van der Waals surface area contributed by atoms with E-state index in [1.807, 2.05) is 6.92 Å². The number of amides is 1. The monoisotopic (exact) mass is 457 g/mol. The van der Waals surface area contributed by atoms with Crippen molar-refractivity contribution < 1.29 is 22.7 Å². The van der Waals surface area contributed by atoms with Crippen LogP contribution in [0.2, 0.25) is 0 Å². The molecule has 1 amide bonds. The largest absolute Gasteiger partial charge is 0.462 e. The number of aromatic nitrogens is 2. The number of nitrogens with zero attached hydrogens (tertiary/aromatic N) is 3. The molecule has 1 atom stereocenters. The van der Waals surface area contributed by atoms with E-state index < -0.39 is 9.84 Å². The Morgan fingerprint density at radius 2 is 2.03 bits per heavy atom. The molecule has 0 bridgehead atoms. The van der Waals surface area contributed by atoms with Crippen LogP contribution in [0.3, 0.4) is 0 Å². The topological polar surface area (TPSA) is 107 Å². The molecule has 0 spiro atoms. The maximum atomic E-state index is 12.6. The highest BCUT2D eigenvalue weighted by atomic mass is 32.2. The van der Waals surface area contributed by atoms with E-state index in [-0.39, 0.29) is 41.8 Å². The third kappa shape index (κ3) is 4.72. The van der Waals surface area contributed by atoms with Crippen LogP contribution in [0.5, 0.6) is 0 Å². The SMILES string of the molecule is CCOC(=O)c1sc2nc(C)nc(SCC(=O)N(C)[C@@H]3CCS(=O)(=O)C3)c2c1C. The van der Waals surface area contributed by atoms with Gasteiger partial charge in [0, 0.05) is 18.5 Å². The molecule has 1 aliphatic heterocycles. The van der Waals surface area contributed by atoms with Crippen molar-refractivity contribution in [2.24, 2.45) is 0 Å². The van der Waals surface area contributed by atoms with Gasteiger partial charge in [0.05, 0.1) is 23.9 Å². The summed E-state index contributed by atoms with van der Waals surface area (Å²) in [5, 5.41) is 1.39. The van der Waals surface area contributed by atoms with Gasteiger partial charge in [-0.2, -0.15) is 0 Å². The Labute approximate surface area is 178 Å². The first-order valence-corrected chi connectivity index (χ1v) is 12.8. The lowest BCUT2D eigenvalue weighted by molar-refractivity contribution is -0.128. The smallest absolute Gasteiger partial charge is 0.348 e. The summed E-state index contributed by atoms with van der Waals surface area (Å²) in [5.74, 6) is 0.282. The third-order valence-electron chi connectivity index (χ3n) is 4.81. The number of carbonyl (C=O) groups is 2. The molecule has 0 aromatic carbocycles. The van der Waals surface area contributed by atoms with Crippen LogP contribution in [-0.2, 0) is 19.4 Å². The van der Waals surface area contributed by atoms with E-state index in [0.29, 0.717) is 27.0 Å². The lowest BCUT2D eigenvalue weighted by Crippen LogP contribution is -2.38. The van der Waals surface area contributed by atoms with Crippen molar-refractivity contribution >= 4 is 55.0 Å². The molecule has 8 nitrogen and oxygen atoms in total. The molecule has 1 fully saturated rings. The lowest BCUT2D eigenvalue weighted by Gasteiger charge is -2.23. The van der Waals surface area contributed by atoms with Crippen LogP contribution in [0.1, 0.15) is 34.4 Å². The lowest BCUT2D eigenvalue weighted by atomic mass is 10.2. The Balaban J connectivity index is 1.81. The summed E-state index contributed by atoms with van der Waals surface area (Å²) >= 11 is 2.53. The molecule has 0 aliphatic carbocycles. The molecule has 0 saturated carbocycles. The zero-order chi connectivity index (χ0) is 21.3. The number of thiophene rings is 1. The summed E-state index contributed by atoms with van der Waals surface area (Å²) in [6.07, 6.45) is 0.471. The van der Waals surface area contributed by atoms with Crippen molar-refractivity contribution in [2.75, 3.05) is 30.9 Å². The van der Waals surface area contributed by atoms with Crippen LogP contribution < -0.4 is 0 Å². The average molecular weight is 458 g/mol. The summed E-state index contributed by atoms with van der Waals surface area (Å²) in [4.78, 5) is 36.4. The predicted octanol–water partition coefficient (Wildman–Crippen LogP) is 2.22. The summed E-state index contributed by atoms with van der Waals surface area (Å²) in [5.41, 5.74) is 0.744.